The minimum atomic E-state index is -5.51. The van der Waals surface area contributed by atoms with Crippen molar-refractivity contribution in [2.24, 2.45) is 12.8 Å². The first-order chi connectivity index (χ1) is 16.9. The van der Waals surface area contributed by atoms with Crippen molar-refractivity contribution in [3.63, 3.8) is 0 Å². The van der Waals surface area contributed by atoms with Crippen LogP contribution in [0, 0.1) is 0 Å². The van der Waals surface area contributed by atoms with Crippen LogP contribution in [0.1, 0.15) is 6.23 Å². The number of alkyl halides is 3. The fraction of sp³-hybridized carbons (Fsp3) is 0.350. The van der Waals surface area contributed by atoms with E-state index in [1.165, 1.54) is 11.6 Å². The lowest BCUT2D eigenvalue weighted by Crippen LogP contribution is -2.48. The molecule has 1 aliphatic heterocycles. The molecule has 2 aromatic heterocycles. The second-order valence-electron chi connectivity index (χ2n) is 7.78. The van der Waals surface area contributed by atoms with Crippen LogP contribution < -0.4 is 27.2 Å². The molecule has 3 heterocycles. The summed E-state index contributed by atoms with van der Waals surface area (Å²) < 4.78 is 44.9. The summed E-state index contributed by atoms with van der Waals surface area (Å²) in [4.78, 5) is 56.4. The van der Waals surface area contributed by atoms with Gasteiger partial charge in [0.1, 0.15) is 0 Å². The number of hydrogen-bond donors (Lipinski definition) is 2. The lowest BCUT2D eigenvalue weighted by atomic mass is 10.3. The number of benzene rings is 1. The Morgan fingerprint density at radius 3 is 2.42 bits per heavy atom. The maximum atomic E-state index is 13.6. The molecule has 16 heteroatoms. The second kappa shape index (κ2) is 9.31. The van der Waals surface area contributed by atoms with Crippen molar-refractivity contribution in [2.75, 3.05) is 31.1 Å². The molecule has 0 bridgehead atoms. The molecule has 0 radical (unpaired) electrons. The number of fused-ring (bicyclic) bond motifs is 1. The zero-order valence-corrected chi connectivity index (χ0v) is 19.3. The molecule has 3 aromatic rings. The number of esters is 1. The molecule has 1 fully saturated rings. The highest BCUT2D eigenvalue weighted by molar-refractivity contribution is 6.32. The lowest BCUT2D eigenvalue weighted by Gasteiger charge is -2.29. The van der Waals surface area contributed by atoms with E-state index in [-0.39, 0.29) is 32.4 Å². The number of nitrogens with zero attached hydrogens (tertiary/aromatic N) is 5. The number of piperazine rings is 1. The van der Waals surface area contributed by atoms with Crippen LogP contribution in [0.5, 0.6) is 0 Å². The van der Waals surface area contributed by atoms with Gasteiger partial charge in [0.2, 0.25) is 5.95 Å². The predicted molar refractivity (Wildman–Crippen MR) is 121 cm³/mol. The van der Waals surface area contributed by atoms with Crippen molar-refractivity contribution in [3.05, 3.63) is 50.1 Å². The largest absolute Gasteiger partial charge is 0.491 e. The molecule has 1 aliphatic rings. The number of nitrogens with two attached hydrogens (primary N) is 1. The third-order valence-corrected chi connectivity index (χ3v) is 5.81. The van der Waals surface area contributed by atoms with E-state index in [1.54, 1.807) is 24.3 Å². The lowest BCUT2D eigenvalue weighted by molar-refractivity contribution is -0.209. The molecule has 0 aliphatic carbocycles. The first-order valence-corrected chi connectivity index (χ1v) is 10.8. The van der Waals surface area contributed by atoms with Crippen LogP contribution in [0.2, 0.25) is 5.02 Å². The number of nitrogens with one attached hydrogen (secondary N) is 1. The van der Waals surface area contributed by atoms with Crippen molar-refractivity contribution in [2.45, 2.75) is 12.4 Å². The molecular weight excluding hydrogens is 511 g/mol. The molecule has 1 amide bonds. The third-order valence-electron chi connectivity index (χ3n) is 5.49. The van der Waals surface area contributed by atoms with Crippen molar-refractivity contribution in [1.29, 1.82) is 0 Å². The number of rotatable bonds is 5. The number of aryl methyl sites for hydroxylation is 1. The van der Waals surface area contributed by atoms with E-state index in [9.17, 15) is 32.3 Å². The van der Waals surface area contributed by atoms with Gasteiger partial charge >= 0.3 is 17.8 Å². The second-order valence-corrected chi connectivity index (χ2v) is 8.19. The quantitative estimate of drug-likeness (QED) is 0.440. The summed E-state index contributed by atoms with van der Waals surface area (Å²) in [6.07, 6.45) is -8.19. The van der Waals surface area contributed by atoms with E-state index < -0.39 is 35.5 Å². The molecule has 1 atom stereocenters. The van der Waals surface area contributed by atoms with Crippen molar-refractivity contribution < 1.29 is 27.5 Å². The third kappa shape index (κ3) is 4.30. The van der Waals surface area contributed by atoms with Gasteiger partial charge in [0.25, 0.3) is 17.7 Å². The van der Waals surface area contributed by atoms with Crippen LogP contribution in [0.15, 0.2) is 33.9 Å². The molecule has 1 unspecified atom stereocenters. The number of anilines is 1. The molecule has 0 saturated carbocycles. The number of carbonyl (C=O) groups is 2. The Labute approximate surface area is 204 Å². The molecule has 12 nitrogen and oxygen atoms in total. The summed E-state index contributed by atoms with van der Waals surface area (Å²) in [6, 6.07) is 6.39. The Morgan fingerprint density at radius 2 is 1.83 bits per heavy atom. The van der Waals surface area contributed by atoms with Crippen molar-refractivity contribution in [3.8, 4) is 5.69 Å². The van der Waals surface area contributed by atoms with Gasteiger partial charge in [-0.3, -0.25) is 18.7 Å². The van der Waals surface area contributed by atoms with Crippen molar-refractivity contribution >= 4 is 40.6 Å². The first kappa shape index (κ1) is 25.2. The molecule has 192 valence electrons. The van der Waals surface area contributed by atoms with Crippen molar-refractivity contribution in [1.82, 2.24) is 24.0 Å². The number of ether oxygens (including phenoxy) is 1. The van der Waals surface area contributed by atoms with E-state index in [4.69, 9.17) is 17.3 Å². The number of imidazole rings is 1. The zero-order chi connectivity index (χ0) is 26.4. The highest BCUT2D eigenvalue weighted by atomic mass is 35.5. The SMILES string of the molecule is Cn1c(=O)n(C(OC(=O)C(F)(F)F)C(N)=O)c(=O)c2c1nc(N1CCNCC1)n2-c1ccccc1Cl. The number of amides is 1. The minimum absolute atomic E-state index is 0.0465. The number of para-hydroxylation sites is 1. The topological polar surface area (TPSA) is 146 Å². The highest BCUT2D eigenvalue weighted by Gasteiger charge is 2.44. The van der Waals surface area contributed by atoms with Gasteiger partial charge in [0.15, 0.2) is 11.2 Å². The summed E-state index contributed by atoms with van der Waals surface area (Å²) in [6.45, 7) is 2.13. The van der Waals surface area contributed by atoms with Gasteiger partial charge in [-0.2, -0.15) is 18.2 Å². The number of halogens is 4. The summed E-state index contributed by atoms with van der Waals surface area (Å²) in [7, 11) is 1.19. The fourth-order valence-corrected chi connectivity index (χ4v) is 4.05. The van der Waals surface area contributed by atoms with E-state index in [1.807, 2.05) is 4.90 Å². The fourth-order valence-electron chi connectivity index (χ4n) is 3.83. The van der Waals surface area contributed by atoms with Crippen LogP contribution in [0.3, 0.4) is 0 Å². The van der Waals surface area contributed by atoms with Gasteiger partial charge in [-0.05, 0) is 12.1 Å². The van der Waals surface area contributed by atoms with Gasteiger partial charge in [0.05, 0.1) is 10.7 Å². The Balaban J connectivity index is 2.06. The number of carbonyl (C=O) groups excluding carboxylic acids is 2. The van der Waals surface area contributed by atoms with Gasteiger partial charge in [-0.15, -0.1) is 0 Å². The molecule has 0 spiro atoms. The number of aromatic nitrogens is 4. The molecule has 1 saturated heterocycles. The van der Waals surface area contributed by atoms with Crippen LogP contribution in [-0.2, 0) is 21.4 Å². The van der Waals surface area contributed by atoms with E-state index in [0.29, 0.717) is 26.2 Å². The summed E-state index contributed by atoms with van der Waals surface area (Å²) >= 11 is 6.40. The average Bonchev–Trinajstić information content (AvgIpc) is 3.23. The summed E-state index contributed by atoms with van der Waals surface area (Å²) in [5, 5.41) is 3.37. The monoisotopic (exact) mass is 529 g/mol. The van der Waals surface area contributed by atoms with Crippen LogP contribution in [-0.4, -0.2) is 62.9 Å². The van der Waals surface area contributed by atoms with E-state index in [2.05, 4.69) is 15.0 Å². The maximum Gasteiger partial charge on any atom is 0.491 e. The molecule has 4 rings (SSSR count). The predicted octanol–water partition coefficient (Wildman–Crippen LogP) is 0.0383. The van der Waals surface area contributed by atoms with E-state index in [0.717, 1.165) is 4.57 Å². The van der Waals surface area contributed by atoms with Gasteiger partial charge in [0, 0.05) is 33.2 Å². The summed E-state index contributed by atoms with van der Waals surface area (Å²) in [5.41, 5.74) is 2.44. The molecular formula is C20H19ClF3N7O5. The normalized spacial score (nSPS) is 15.2. The standard InChI is InChI=1S/C20H19ClF3N7O5/c1-28-14-12(15(33)31(19(28)35)16(13(25)32)36-17(34)20(22,23)24)30(11-5-3-2-4-10(11)21)18(27-14)29-8-6-26-7-9-29/h2-5,16,26H,6-9H2,1H3,(H2,25,32). The Morgan fingerprint density at radius 1 is 1.19 bits per heavy atom. The Hall–Kier alpha value is -3.85. The Kier molecular flexibility index (Phi) is 6.53. The molecule has 1 aromatic carbocycles. The first-order valence-electron chi connectivity index (χ1n) is 10.4. The maximum absolute atomic E-state index is 13.6. The van der Waals surface area contributed by atoms with E-state index >= 15 is 0 Å². The Bertz CT molecular complexity index is 1470. The average molecular weight is 530 g/mol. The minimum Gasteiger partial charge on any atom is -0.424 e. The highest BCUT2D eigenvalue weighted by Crippen LogP contribution is 2.30. The molecule has 36 heavy (non-hydrogen) atoms. The van der Waals surface area contributed by atoms with Crippen LogP contribution >= 0.6 is 11.6 Å². The number of hydrogen-bond acceptors (Lipinski definition) is 8. The van der Waals surface area contributed by atoms with Crippen LogP contribution in [0.4, 0.5) is 19.1 Å². The van der Waals surface area contributed by atoms with Gasteiger partial charge < -0.3 is 20.7 Å². The molecule has 3 N–H and O–H groups in total. The smallest absolute Gasteiger partial charge is 0.424 e. The number of primary amides is 1. The van der Waals surface area contributed by atoms with Gasteiger partial charge in [-0.1, -0.05) is 23.7 Å². The summed E-state index contributed by atoms with van der Waals surface area (Å²) in [5.74, 6) is -4.24. The van der Waals surface area contributed by atoms with Gasteiger partial charge in [-0.25, -0.2) is 14.2 Å². The zero-order valence-electron chi connectivity index (χ0n) is 18.6. The van der Waals surface area contributed by atoms with Crippen LogP contribution in [0.25, 0.3) is 16.9 Å².